The zero-order chi connectivity index (χ0) is 42.4. The average molecular weight is 850 g/mol. The highest BCUT2D eigenvalue weighted by molar-refractivity contribution is 7.91. The van der Waals surface area contributed by atoms with E-state index in [0.717, 1.165) is 63.2 Å². The number of aromatic amines is 1. The summed E-state index contributed by atoms with van der Waals surface area (Å²) >= 11 is 0. The maximum Gasteiger partial charge on any atom is 0.408 e. The lowest BCUT2D eigenvalue weighted by Gasteiger charge is -2.32. The number of nitrogens with zero attached hydrogens (tertiary/aromatic N) is 1. The molecule has 4 saturated carbocycles. The van der Waals surface area contributed by atoms with Gasteiger partial charge in [-0.05, 0) is 107 Å². The SMILES string of the molecule is C=C[C@@H]1C[C@]1(NC(=O)[C@@H]1CCCN1C(=O)[C@@H](NC(=O)O[C@@H]1CCC[C@H]1CC/C=C/Cc1c(OCCOC)c2ccccc2[nH]c1=O)C1CCCC1)C(=O)NS(=O)(=O)C1CC1. The fourth-order valence-corrected chi connectivity index (χ4v) is 10.8. The zero-order valence-corrected chi connectivity index (χ0v) is 35.3. The van der Waals surface area contributed by atoms with Crippen LogP contribution in [0.25, 0.3) is 10.9 Å². The van der Waals surface area contributed by atoms with E-state index in [1.807, 2.05) is 36.4 Å². The zero-order valence-electron chi connectivity index (χ0n) is 34.5. The fraction of sp³-hybridized carbons (Fsp3) is 0.614. The monoisotopic (exact) mass is 849 g/mol. The number of benzene rings is 1. The summed E-state index contributed by atoms with van der Waals surface area (Å²) in [5.74, 6) is -1.53. The van der Waals surface area contributed by atoms with Gasteiger partial charge in [0, 0.05) is 25.0 Å². The van der Waals surface area contributed by atoms with E-state index >= 15 is 0 Å². The number of likely N-dealkylation sites (tertiary alicyclic amines) is 1. The predicted molar refractivity (Wildman–Crippen MR) is 225 cm³/mol. The Morgan fingerprint density at radius 1 is 1.00 bits per heavy atom. The number of methoxy groups -OCH3 is 1. The van der Waals surface area contributed by atoms with E-state index in [-0.39, 0.29) is 35.8 Å². The van der Waals surface area contributed by atoms with Gasteiger partial charge in [-0.1, -0.05) is 43.2 Å². The first-order valence-corrected chi connectivity index (χ1v) is 23.2. The lowest BCUT2D eigenvalue weighted by Crippen LogP contribution is -2.59. The topological polar surface area (TPSA) is 202 Å². The number of carbonyl (C=O) groups is 4. The van der Waals surface area contributed by atoms with Gasteiger partial charge in [-0.25, -0.2) is 13.2 Å². The van der Waals surface area contributed by atoms with Crippen LogP contribution in [0.3, 0.4) is 0 Å². The molecule has 326 valence electrons. The van der Waals surface area contributed by atoms with Gasteiger partial charge < -0.3 is 34.7 Å². The minimum absolute atomic E-state index is 0.113. The van der Waals surface area contributed by atoms with Crippen molar-refractivity contribution in [1.82, 2.24) is 25.2 Å². The number of sulfonamides is 1. The number of amides is 4. The van der Waals surface area contributed by atoms with Crippen molar-refractivity contribution in [3.8, 4) is 5.75 Å². The van der Waals surface area contributed by atoms with Gasteiger partial charge in [-0.15, -0.1) is 6.58 Å². The molecule has 5 aliphatic rings. The molecule has 0 radical (unpaired) electrons. The second-order valence-electron chi connectivity index (χ2n) is 17.1. The summed E-state index contributed by atoms with van der Waals surface area (Å²) in [7, 11) is -2.24. The van der Waals surface area contributed by atoms with E-state index in [1.54, 1.807) is 7.11 Å². The normalized spacial score (nSPS) is 25.9. The lowest BCUT2D eigenvalue weighted by atomic mass is 9.96. The number of hydrogen-bond donors (Lipinski definition) is 4. The Kier molecular flexibility index (Phi) is 13.7. The standard InChI is InChI=1S/C44H59N5O10S/c1-3-30-27-44(30,42(53)48-60(55,56)31-22-23-31)47-40(51)35-20-12-24-49(35)41(52)37(29-14-7-8-15-29)46-43(54)59-36-21-11-16-28(36)13-5-4-6-18-33-38(58-26-25-57-2)32-17-9-10-19-34(32)45-39(33)50/h3-4,6,9-10,17,19,28-31,35-37H,1,5,7-8,11-16,18,20-27H2,2H3,(H,45,50)(H,46,54)(H,47,51)(H,48,53)/b6-4+/t28-,30-,35+,36-,37+,44-/m1/s1. The van der Waals surface area contributed by atoms with Gasteiger partial charge in [0.2, 0.25) is 21.8 Å². The molecule has 1 aromatic heterocycles. The van der Waals surface area contributed by atoms with Gasteiger partial charge in [0.1, 0.15) is 36.1 Å². The molecule has 2 aromatic rings. The number of allylic oxidation sites excluding steroid dienone is 2. The predicted octanol–water partition coefficient (Wildman–Crippen LogP) is 4.55. The smallest absolute Gasteiger partial charge is 0.408 e. The Morgan fingerprint density at radius 3 is 2.52 bits per heavy atom. The molecule has 0 spiro atoms. The van der Waals surface area contributed by atoms with Crippen molar-refractivity contribution < 1.29 is 41.8 Å². The number of fused-ring (bicyclic) bond motifs is 1. The maximum atomic E-state index is 14.3. The average Bonchev–Trinajstić information content (AvgIpc) is 3.98. The van der Waals surface area contributed by atoms with Crippen molar-refractivity contribution in [2.45, 2.75) is 125 Å². The van der Waals surface area contributed by atoms with Crippen LogP contribution in [-0.2, 0) is 40.3 Å². The maximum absolute atomic E-state index is 14.3. The molecule has 7 rings (SSSR count). The van der Waals surface area contributed by atoms with Crippen molar-refractivity contribution in [2.24, 2.45) is 17.8 Å². The molecular weight excluding hydrogens is 791 g/mol. The molecule has 0 bridgehead atoms. The number of nitrogens with one attached hydrogen (secondary N) is 4. The molecule has 15 nitrogen and oxygen atoms in total. The van der Waals surface area contributed by atoms with E-state index in [9.17, 15) is 32.4 Å². The quantitative estimate of drug-likeness (QED) is 0.115. The van der Waals surface area contributed by atoms with Crippen LogP contribution in [0, 0.1) is 17.8 Å². The third-order valence-electron chi connectivity index (χ3n) is 13.0. The second kappa shape index (κ2) is 18.9. The van der Waals surface area contributed by atoms with Gasteiger partial charge in [-0.3, -0.25) is 23.9 Å². The van der Waals surface area contributed by atoms with Crippen molar-refractivity contribution in [2.75, 3.05) is 26.9 Å². The van der Waals surface area contributed by atoms with E-state index < -0.39 is 56.7 Å². The summed E-state index contributed by atoms with van der Waals surface area (Å²) in [5.41, 5.74) is -0.393. The fourth-order valence-electron chi connectivity index (χ4n) is 9.42. The number of H-pyrrole nitrogens is 1. The molecule has 2 heterocycles. The molecule has 5 fully saturated rings. The minimum Gasteiger partial charge on any atom is -0.490 e. The molecule has 16 heteroatoms. The van der Waals surface area contributed by atoms with Gasteiger partial charge in [0.25, 0.3) is 11.5 Å². The van der Waals surface area contributed by atoms with Gasteiger partial charge in [0.15, 0.2) is 0 Å². The molecule has 60 heavy (non-hydrogen) atoms. The number of ether oxygens (including phenoxy) is 3. The number of aromatic nitrogens is 1. The van der Waals surface area contributed by atoms with E-state index in [2.05, 4.69) is 26.9 Å². The van der Waals surface area contributed by atoms with E-state index in [0.29, 0.717) is 68.7 Å². The number of rotatable bonds is 19. The highest BCUT2D eigenvalue weighted by Crippen LogP contribution is 2.45. The molecule has 1 saturated heterocycles. The summed E-state index contributed by atoms with van der Waals surface area (Å²) in [4.78, 5) is 72.6. The summed E-state index contributed by atoms with van der Waals surface area (Å²) in [5, 5.41) is 5.96. The summed E-state index contributed by atoms with van der Waals surface area (Å²) in [6.07, 6.45) is 14.5. The second-order valence-corrected chi connectivity index (χ2v) is 19.0. The molecule has 0 unspecified atom stereocenters. The first-order chi connectivity index (χ1) is 29.0. The van der Waals surface area contributed by atoms with Crippen molar-refractivity contribution in [3.05, 3.63) is 65.0 Å². The van der Waals surface area contributed by atoms with Crippen LogP contribution in [0.15, 0.2) is 53.9 Å². The summed E-state index contributed by atoms with van der Waals surface area (Å²) in [6.45, 7) is 4.79. The number of carbonyl (C=O) groups excluding carboxylic acids is 4. The van der Waals surface area contributed by atoms with Gasteiger partial charge in [0.05, 0.1) is 22.9 Å². The molecule has 4 aliphatic carbocycles. The molecule has 1 aliphatic heterocycles. The van der Waals surface area contributed by atoms with Crippen LogP contribution in [0.4, 0.5) is 4.79 Å². The summed E-state index contributed by atoms with van der Waals surface area (Å²) in [6, 6.07) is 5.79. The van der Waals surface area contributed by atoms with Crippen molar-refractivity contribution in [3.63, 3.8) is 0 Å². The van der Waals surface area contributed by atoms with Crippen LogP contribution >= 0.6 is 0 Å². The van der Waals surface area contributed by atoms with Gasteiger partial charge >= 0.3 is 6.09 Å². The van der Waals surface area contributed by atoms with Crippen LogP contribution in [0.2, 0.25) is 0 Å². The van der Waals surface area contributed by atoms with Crippen LogP contribution < -0.4 is 25.7 Å². The van der Waals surface area contributed by atoms with Gasteiger partial charge in [-0.2, -0.15) is 0 Å². The van der Waals surface area contributed by atoms with Crippen LogP contribution in [0.1, 0.15) is 95.5 Å². The van der Waals surface area contributed by atoms with E-state index in [4.69, 9.17) is 14.2 Å². The first kappa shape index (κ1) is 43.4. The first-order valence-electron chi connectivity index (χ1n) is 21.6. The highest BCUT2D eigenvalue weighted by Gasteiger charge is 2.61. The third kappa shape index (κ3) is 9.75. The molecular formula is C44H59N5O10S. The largest absolute Gasteiger partial charge is 0.490 e. The lowest BCUT2D eigenvalue weighted by molar-refractivity contribution is -0.142. The summed E-state index contributed by atoms with van der Waals surface area (Å²) < 4.78 is 44.5. The Labute approximate surface area is 351 Å². The van der Waals surface area contributed by atoms with Crippen LogP contribution in [0.5, 0.6) is 5.75 Å². The third-order valence-corrected chi connectivity index (χ3v) is 14.9. The molecule has 4 N–H and O–H groups in total. The van der Waals surface area contributed by atoms with Crippen molar-refractivity contribution in [1.29, 1.82) is 0 Å². The number of alkyl carbamates (subject to hydrolysis) is 1. The number of para-hydroxylation sites is 1. The molecule has 1 aromatic carbocycles. The van der Waals surface area contributed by atoms with E-state index in [1.165, 1.54) is 11.0 Å². The molecule has 6 atom stereocenters. The number of pyridine rings is 1. The Balaban J connectivity index is 0.944. The highest BCUT2D eigenvalue weighted by atomic mass is 32.2. The Hall–Kier alpha value is -4.70. The van der Waals surface area contributed by atoms with Crippen molar-refractivity contribution >= 4 is 44.7 Å². The van der Waals surface area contributed by atoms with Crippen LogP contribution in [-0.4, -0.2) is 98.0 Å². The Morgan fingerprint density at radius 2 is 1.78 bits per heavy atom. The number of hydrogen-bond acceptors (Lipinski definition) is 10. The Bertz CT molecular complexity index is 2130. The molecule has 4 amide bonds. The minimum atomic E-state index is -3.84.